The molecule has 1 nitrogen and oxygen atoms in total. The van der Waals surface area contributed by atoms with Crippen molar-refractivity contribution < 1.29 is 0 Å². The van der Waals surface area contributed by atoms with Crippen LogP contribution in [-0.2, 0) is 10.8 Å². The molecule has 0 unspecified atom stereocenters. The molecule has 8 aromatic rings. The lowest BCUT2D eigenvalue weighted by Crippen LogP contribution is -2.55. The Hall–Kier alpha value is -5.66. The Morgan fingerprint density at radius 1 is 0.411 bits per heavy atom. The van der Waals surface area contributed by atoms with Gasteiger partial charge < -0.3 is 4.57 Å². The van der Waals surface area contributed by atoms with E-state index in [1.54, 1.807) is 11.1 Å². The highest BCUT2D eigenvalue weighted by Crippen LogP contribution is 2.69. The summed E-state index contributed by atoms with van der Waals surface area (Å²) in [6, 6.07) is 58.4. The molecule has 1 heteroatoms. The van der Waals surface area contributed by atoms with Crippen molar-refractivity contribution in [2.75, 3.05) is 0 Å². The van der Waals surface area contributed by atoms with E-state index in [9.17, 15) is 0 Å². The number of benzene rings is 7. The lowest BCUT2D eigenvalue weighted by Gasteiger charge is -2.61. The lowest BCUT2D eigenvalue weighted by molar-refractivity contribution is -0.0399. The second-order valence-electron chi connectivity index (χ2n) is 18.5. The highest BCUT2D eigenvalue weighted by atomic mass is 15.0. The van der Waals surface area contributed by atoms with E-state index in [4.69, 9.17) is 0 Å². The highest BCUT2D eigenvalue weighted by molar-refractivity contribution is 6.10. The summed E-state index contributed by atoms with van der Waals surface area (Å²) in [6.45, 7) is 4.71. The Labute approximate surface area is 329 Å². The second-order valence-corrected chi connectivity index (χ2v) is 18.5. The Morgan fingerprint density at radius 3 is 1.75 bits per heavy atom. The maximum atomic E-state index is 2.62. The average molecular weight is 720 g/mol. The third-order valence-corrected chi connectivity index (χ3v) is 15.6. The van der Waals surface area contributed by atoms with Crippen LogP contribution in [0.25, 0.3) is 72.0 Å². The molecule has 0 N–H and O–H groups in total. The van der Waals surface area contributed by atoms with Gasteiger partial charge in [0.15, 0.2) is 0 Å². The molecule has 56 heavy (non-hydrogen) atoms. The number of aromatic nitrogens is 1. The molecule has 1 spiro atoms. The summed E-state index contributed by atoms with van der Waals surface area (Å²) in [4.78, 5) is 0. The molecule has 270 valence electrons. The maximum Gasteiger partial charge on any atom is 0.0541 e. The van der Waals surface area contributed by atoms with Crippen molar-refractivity contribution in [3.63, 3.8) is 0 Å². The summed E-state index contributed by atoms with van der Waals surface area (Å²) in [7, 11) is 0. The van der Waals surface area contributed by atoms with Crippen LogP contribution in [0.1, 0.15) is 68.2 Å². The molecule has 1 aromatic heterocycles. The van der Waals surface area contributed by atoms with Crippen LogP contribution < -0.4 is 0 Å². The van der Waals surface area contributed by atoms with Gasteiger partial charge in [-0.1, -0.05) is 123 Å². The van der Waals surface area contributed by atoms with Crippen LogP contribution in [-0.4, -0.2) is 4.57 Å². The topological polar surface area (TPSA) is 4.93 Å². The molecule has 6 aliphatic rings. The van der Waals surface area contributed by atoms with Gasteiger partial charge in [0.25, 0.3) is 0 Å². The minimum Gasteiger partial charge on any atom is -0.309 e. The largest absolute Gasteiger partial charge is 0.309 e. The van der Waals surface area contributed by atoms with Crippen molar-refractivity contribution in [1.29, 1.82) is 0 Å². The molecule has 0 amide bonds. The van der Waals surface area contributed by atoms with Gasteiger partial charge in [-0.2, -0.15) is 0 Å². The Kier molecular flexibility index (Phi) is 6.20. The monoisotopic (exact) mass is 719 g/mol. The fourth-order valence-corrected chi connectivity index (χ4v) is 13.5. The fourth-order valence-electron chi connectivity index (χ4n) is 13.5. The van der Waals surface area contributed by atoms with Gasteiger partial charge in [-0.25, -0.2) is 0 Å². The molecule has 4 fully saturated rings. The Morgan fingerprint density at radius 2 is 0.964 bits per heavy atom. The third kappa shape index (κ3) is 4.01. The number of rotatable bonds is 3. The third-order valence-electron chi connectivity index (χ3n) is 15.6. The fraction of sp³-hybridized carbons (Fsp3) is 0.236. The van der Waals surface area contributed by atoms with Crippen molar-refractivity contribution in [2.45, 2.75) is 56.8 Å². The number of fused-ring (bicyclic) bond motifs is 9. The van der Waals surface area contributed by atoms with Crippen LogP contribution in [0.4, 0.5) is 0 Å². The van der Waals surface area contributed by atoms with Crippen LogP contribution in [0.15, 0.2) is 152 Å². The Balaban J connectivity index is 0.894. The molecule has 7 aromatic carbocycles. The lowest BCUT2D eigenvalue weighted by atomic mass is 9.43. The van der Waals surface area contributed by atoms with Gasteiger partial charge in [0, 0.05) is 27.3 Å². The van der Waals surface area contributed by atoms with Crippen molar-refractivity contribution in [3.05, 3.63) is 174 Å². The molecule has 0 atom stereocenters. The molecule has 0 saturated heterocycles. The predicted octanol–water partition coefficient (Wildman–Crippen LogP) is 14.1. The van der Waals surface area contributed by atoms with Crippen LogP contribution in [0.3, 0.4) is 0 Å². The van der Waals surface area contributed by atoms with Crippen LogP contribution in [0.2, 0.25) is 0 Å². The van der Waals surface area contributed by atoms with Crippen molar-refractivity contribution in [2.24, 2.45) is 23.7 Å². The quantitative estimate of drug-likeness (QED) is 0.171. The van der Waals surface area contributed by atoms with E-state index in [0.717, 1.165) is 23.7 Å². The highest BCUT2D eigenvalue weighted by Gasteiger charge is 2.61. The molecule has 1 heterocycles. The molecule has 4 saturated carbocycles. The van der Waals surface area contributed by atoms with Gasteiger partial charge in [-0.05, 0) is 165 Å². The first kappa shape index (κ1) is 31.5. The van der Waals surface area contributed by atoms with E-state index in [1.807, 2.05) is 0 Å². The van der Waals surface area contributed by atoms with Crippen LogP contribution in [0.5, 0.6) is 0 Å². The average Bonchev–Trinajstić information content (AvgIpc) is 3.80. The smallest absolute Gasteiger partial charge is 0.0541 e. The first-order valence-electron chi connectivity index (χ1n) is 21.1. The summed E-state index contributed by atoms with van der Waals surface area (Å²) in [5.41, 5.74) is 20.9. The van der Waals surface area contributed by atoms with Crippen molar-refractivity contribution >= 4 is 21.8 Å². The molecule has 0 radical (unpaired) electrons. The standard InChI is InChI=1S/C55H45N/c1-54(2)48-12-6-3-10-43(48)46-30-36(18-23-49(46)54)37-19-24-53-47(31-37)45-11-5-8-14-52(45)56(53)41-20-15-35(16-21-41)38-17-22-44-42-9-4-7-13-50(42)55(51(44)32-38)39-26-33-25-34(28-39)29-40(55)27-33/h3-24,30-34,39-40H,25-29H2,1-2H3. The summed E-state index contributed by atoms with van der Waals surface area (Å²) >= 11 is 0. The first-order valence-corrected chi connectivity index (χ1v) is 21.1. The second kappa shape index (κ2) is 11.0. The molecule has 0 aliphatic heterocycles. The van der Waals surface area contributed by atoms with Crippen molar-refractivity contribution in [3.8, 4) is 50.2 Å². The normalized spacial score (nSPS) is 24.5. The summed E-state index contributed by atoms with van der Waals surface area (Å²) in [5, 5.41) is 2.59. The minimum absolute atomic E-state index is 0.0146. The molecule has 4 bridgehead atoms. The van der Waals surface area contributed by atoms with Crippen LogP contribution >= 0.6 is 0 Å². The van der Waals surface area contributed by atoms with E-state index in [1.165, 1.54) is 115 Å². The zero-order valence-corrected chi connectivity index (χ0v) is 32.2. The molecule has 6 aliphatic carbocycles. The van der Waals surface area contributed by atoms with Gasteiger partial charge in [0.2, 0.25) is 0 Å². The van der Waals surface area contributed by atoms with E-state index in [-0.39, 0.29) is 10.8 Å². The first-order chi connectivity index (χ1) is 27.5. The van der Waals surface area contributed by atoms with Gasteiger partial charge in [0.05, 0.1) is 11.0 Å². The summed E-state index contributed by atoms with van der Waals surface area (Å²) < 4.78 is 2.46. The summed E-state index contributed by atoms with van der Waals surface area (Å²) in [6.07, 6.45) is 7.15. The van der Waals surface area contributed by atoms with E-state index in [0.29, 0.717) is 0 Å². The van der Waals surface area contributed by atoms with Gasteiger partial charge in [-0.3, -0.25) is 0 Å². The van der Waals surface area contributed by atoms with Gasteiger partial charge in [0.1, 0.15) is 0 Å². The zero-order chi connectivity index (χ0) is 36.9. The number of para-hydroxylation sites is 1. The molecular weight excluding hydrogens is 675 g/mol. The Bertz CT molecular complexity index is 2920. The molecular formula is C55H45N. The van der Waals surface area contributed by atoms with E-state index >= 15 is 0 Å². The van der Waals surface area contributed by atoms with E-state index < -0.39 is 0 Å². The molecule has 14 rings (SSSR count). The number of hydrogen-bond donors (Lipinski definition) is 0. The zero-order valence-electron chi connectivity index (χ0n) is 32.2. The van der Waals surface area contributed by atoms with Gasteiger partial charge in [-0.15, -0.1) is 0 Å². The van der Waals surface area contributed by atoms with Crippen LogP contribution in [0, 0.1) is 23.7 Å². The van der Waals surface area contributed by atoms with E-state index in [2.05, 4.69) is 170 Å². The van der Waals surface area contributed by atoms with Gasteiger partial charge >= 0.3 is 0 Å². The maximum absolute atomic E-state index is 2.62. The van der Waals surface area contributed by atoms with Crippen molar-refractivity contribution in [1.82, 2.24) is 4.57 Å². The summed E-state index contributed by atoms with van der Waals surface area (Å²) in [5.74, 6) is 3.46. The number of hydrogen-bond acceptors (Lipinski definition) is 0. The minimum atomic E-state index is 0.0146. The number of nitrogens with zero attached hydrogens (tertiary/aromatic N) is 1. The predicted molar refractivity (Wildman–Crippen MR) is 232 cm³/mol. The SMILES string of the molecule is CC1(C)c2ccccc2-c2cc(-c3ccc4c(c3)c3ccccc3n4-c3ccc(-c4ccc5c(c4)C4(c6ccccc6-5)C5CC6CC(C5)CC4C6)cc3)ccc21.